The van der Waals surface area contributed by atoms with Gasteiger partial charge in [-0.3, -0.25) is 0 Å². The molecule has 0 N–H and O–H groups in total. The van der Waals surface area contributed by atoms with E-state index in [1.807, 2.05) is 68.3 Å². The van der Waals surface area contributed by atoms with Gasteiger partial charge in [-0.1, -0.05) is 78.3 Å². The second-order valence-corrected chi connectivity index (χ2v) is 16.9. The van der Waals surface area contributed by atoms with Crippen LogP contribution in [-0.4, -0.2) is 15.5 Å². The van der Waals surface area contributed by atoms with Crippen molar-refractivity contribution < 1.29 is 17.4 Å². The summed E-state index contributed by atoms with van der Waals surface area (Å²) in [6.07, 6.45) is 0. The van der Waals surface area contributed by atoms with Crippen molar-refractivity contribution in [2.45, 2.75) is 31.1 Å². The Labute approximate surface area is 268 Å². The number of hydrogen-bond acceptors (Lipinski definition) is 5. The average molecular weight is 740 g/mol. The maximum Gasteiger partial charge on any atom is 0.284 e. The van der Waals surface area contributed by atoms with Gasteiger partial charge in [0.25, 0.3) is 10.0 Å². The van der Waals surface area contributed by atoms with Crippen LogP contribution in [0.4, 0.5) is 5.69 Å². The Bertz CT molecular complexity index is 2090. The molecule has 0 saturated carbocycles. The normalized spacial score (nSPS) is 16.7. The molecule has 1 aliphatic rings. The number of para-hydroxylation sites is 1. The Morgan fingerprint density at radius 2 is 1.63 bits per heavy atom. The lowest BCUT2D eigenvalue weighted by molar-refractivity contribution is 0.546. The first-order chi connectivity index (χ1) is 20.4. The van der Waals surface area contributed by atoms with Crippen LogP contribution in [0.3, 0.4) is 0 Å². The highest BCUT2D eigenvalue weighted by atomic mass is 79.9. The molecule has 0 fully saturated rings. The fourth-order valence-corrected chi connectivity index (χ4v) is 11.6. The van der Waals surface area contributed by atoms with Gasteiger partial charge in [-0.05, 0) is 87.7 Å². The van der Waals surface area contributed by atoms with Crippen LogP contribution in [0, 0.1) is 6.92 Å². The standard InChI is InChI=1S/C33H29Br2N2O4PS/c1-22-13-18-32(40-22)42(41-30-17-15-25(34)20-28(30)35,21-31-33(2,3)27-11-7-8-12-29(27)37(31)4)36-43(38,39)26-16-14-23-9-5-6-10-24(23)19-26/h5-21H,1-4H3. The van der Waals surface area contributed by atoms with E-state index in [2.05, 4.69) is 62.7 Å². The molecule has 0 saturated heterocycles. The van der Waals surface area contributed by atoms with Gasteiger partial charge >= 0.3 is 0 Å². The monoisotopic (exact) mass is 738 g/mol. The molecule has 2 heterocycles. The summed E-state index contributed by atoms with van der Waals surface area (Å²) in [6, 6.07) is 29.9. The van der Waals surface area contributed by atoms with Crippen LogP contribution in [0.2, 0.25) is 0 Å². The van der Waals surface area contributed by atoms with Gasteiger partial charge in [0.1, 0.15) is 11.5 Å². The largest absolute Gasteiger partial charge is 0.456 e. The Morgan fingerprint density at radius 3 is 2.33 bits per heavy atom. The van der Waals surface area contributed by atoms with Crippen molar-refractivity contribution in [3.05, 3.63) is 129 Å². The van der Waals surface area contributed by atoms with E-state index in [9.17, 15) is 8.42 Å². The molecule has 43 heavy (non-hydrogen) atoms. The van der Waals surface area contributed by atoms with E-state index in [-0.39, 0.29) is 4.90 Å². The molecular formula is C33H29Br2N2O4PS. The Kier molecular flexibility index (Phi) is 7.74. The summed E-state index contributed by atoms with van der Waals surface area (Å²) in [7, 11) is -5.88. The first-order valence-corrected chi connectivity index (χ1v) is 18.3. The molecule has 1 atom stereocenters. The van der Waals surface area contributed by atoms with Crippen molar-refractivity contribution in [2.24, 2.45) is 4.15 Å². The highest BCUT2D eigenvalue weighted by molar-refractivity contribution is 9.11. The van der Waals surface area contributed by atoms with Gasteiger partial charge in [-0.25, -0.2) is 0 Å². The lowest BCUT2D eigenvalue weighted by Crippen LogP contribution is -2.24. The number of likely N-dealkylation sites (N-methyl/N-ethyl adjacent to an activating group) is 1. The molecule has 220 valence electrons. The van der Waals surface area contributed by atoms with Crippen LogP contribution in [0.1, 0.15) is 25.2 Å². The predicted molar refractivity (Wildman–Crippen MR) is 182 cm³/mol. The van der Waals surface area contributed by atoms with Gasteiger partial charge < -0.3 is 13.8 Å². The first kappa shape index (κ1) is 29.9. The minimum absolute atomic E-state index is 0.0815. The van der Waals surface area contributed by atoms with E-state index in [4.69, 9.17) is 13.1 Å². The van der Waals surface area contributed by atoms with E-state index in [0.717, 1.165) is 32.2 Å². The molecule has 0 radical (unpaired) electrons. The zero-order chi connectivity index (χ0) is 30.6. The van der Waals surface area contributed by atoms with Crippen molar-refractivity contribution in [3.8, 4) is 5.75 Å². The van der Waals surface area contributed by atoms with Gasteiger partial charge in [-0.2, -0.15) is 8.42 Å². The van der Waals surface area contributed by atoms with E-state index >= 15 is 0 Å². The SMILES string of the molecule is Cc1ccc(P(C=C2N(C)c3ccccc3C2(C)C)(=NS(=O)(=O)c2ccc3ccccc3c2)Oc2ccc(Br)cc2Br)o1. The Balaban J connectivity index is 1.67. The van der Waals surface area contributed by atoms with Gasteiger partial charge in [0.2, 0.25) is 7.28 Å². The van der Waals surface area contributed by atoms with Crippen molar-refractivity contribution in [3.63, 3.8) is 0 Å². The number of hydrogen-bond donors (Lipinski definition) is 0. The third-order valence-corrected chi connectivity index (χ3v) is 13.4. The molecule has 0 spiro atoms. The van der Waals surface area contributed by atoms with Gasteiger partial charge in [0.15, 0.2) is 5.50 Å². The average Bonchev–Trinajstić information content (AvgIpc) is 3.50. The number of anilines is 1. The second-order valence-electron chi connectivity index (χ2n) is 11.0. The maximum absolute atomic E-state index is 14.3. The molecule has 6 rings (SSSR count). The minimum Gasteiger partial charge on any atom is -0.456 e. The second kappa shape index (κ2) is 11.1. The highest BCUT2D eigenvalue weighted by Gasteiger charge is 2.42. The summed E-state index contributed by atoms with van der Waals surface area (Å²) in [5, 5.41) is 1.74. The summed E-state index contributed by atoms with van der Waals surface area (Å²) < 4.78 is 47.9. The number of sulfonamides is 1. The van der Waals surface area contributed by atoms with Crippen molar-refractivity contribution in [2.75, 3.05) is 11.9 Å². The number of nitrogens with zero attached hydrogens (tertiary/aromatic N) is 2. The minimum atomic E-state index is -4.25. The van der Waals surface area contributed by atoms with E-state index in [1.54, 1.807) is 36.4 Å². The summed E-state index contributed by atoms with van der Waals surface area (Å²) in [5.41, 5.74) is 2.90. The van der Waals surface area contributed by atoms with Gasteiger partial charge in [0, 0.05) is 34.1 Å². The van der Waals surface area contributed by atoms with Crippen molar-refractivity contribution in [1.29, 1.82) is 0 Å². The molecule has 1 aromatic heterocycles. The third kappa shape index (κ3) is 5.53. The first-order valence-electron chi connectivity index (χ1n) is 13.5. The van der Waals surface area contributed by atoms with Crippen LogP contribution in [0.5, 0.6) is 5.75 Å². The van der Waals surface area contributed by atoms with Crippen LogP contribution in [0.25, 0.3) is 10.8 Å². The summed E-state index contributed by atoms with van der Waals surface area (Å²) in [5.74, 6) is 2.95. The smallest absolute Gasteiger partial charge is 0.284 e. The van der Waals surface area contributed by atoms with E-state index in [1.165, 1.54) is 0 Å². The zero-order valence-electron chi connectivity index (χ0n) is 24.0. The number of halogens is 2. The highest BCUT2D eigenvalue weighted by Crippen LogP contribution is 2.59. The zero-order valence-corrected chi connectivity index (χ0v) is 28.8. The summed E-state index contributed by atoms with van der Waals surface area (Å²) in [4.78, 5) is 2.16. The molecule has 0 amide bonds. The number of allylic oxidation sites excluding steroid dienone is 1. The number of benzene rings is 4. The quantitative estimate of drug-likeness (QED) is 0.162. The number of rotatable bonds is 6. The summed E-state index contributed by atoms with van der Waals surface area (Å²) in [6.45, 7) is 6.06. The van der Waals surface area contributed by atoms with E-state index in [0.29, 0.717) is 21.5 Å². The molecule has 4 aromatic carbocycles. The van der Waals surface area contributed by atoms with Gasteiger partial charge in [-0.15, -0.1) is 4.15 Å². The van der Waals surface area contributed by atoms with Crippen LogP contribution in [-0.2, 0) is 15.4 Å². The number of fused-ring (bicyclic) bond motifs is 2. The van der Waals surface area contributed by atoms with Crippen LogP contribution < -0.4 is 14.9 Å². The summed E-state index contributed by atoms with van der Waals surface area (Å²) >= 11 is 7.11. The predicted octanol–water partition coefficient (Wildman–Crippen LogP) is 9.74. The molecule has 5 aromatic rings. The number of furan rings is 1. The van der Waals surface area contributed by atoms with Crippen molar-refractivity contribution in [1.82, 2.24) is 0 Å². The van der Waals surface area contributed by atoms with Gasteiger partial charge in [0.05, 0.1) is 9.37 Å². The maximum atomic E-state index is 14.3. The third-order valence-electron chi connectivity index (χ3n) is 7.66. The van der Waals surface area contributed by atoms with Crippen molar-refractivity contribution >= 4 is 71.1 Å². The lowest BCUT2D eigenvalue weighted by Gasteiger charge is -2.28. The molecule has 10 heteroatoms. The number of aryl methyl sites for hydroxylation is 1. The fraction of sp³-hybridized carbons (Fsp3) is 0.152. The van der Waals surface area contributed by atoms with Crippen LogP contribution >= 0.6 is 39.1 Å². The molecule has 1 unspecified atom stereocenters. The molecule has 6 nitrogen and oxygen atoms in total. The Hall–Kier alpha value is -3.10. The molecule has 1 aliphatic heterocycles. The Morgan fingerprint density at radius 1 is 0.907 bits per heavy atom. The van der Waals surface area contributed by atoms with Crippen LogP contribution in [0.15, 0.2) is 131 Å². The lowest BCUT2D eigenvalue weighted by atomic mass is 9.84. The van der Waals surface area contributed by atoms with E-state index < -0.39 is 22.7 Å². The topological polar surface area (TPSA) is 72.1 Å². The molecule has 0 bridgehead atoms. The molecule has 0 aliphatic carbocycles. The fourth-order valence-electron chi connectivity index (χ4n) is 5.44. The molecular weight excluding hydrogens is 711 g/mol.